The topological polar surface area (TPSA) is 49.9 Å². The summed E-state index contributed by atoms with van der Waals surface area (Å²) in [7, 11) is 0. The zero-order valence-electron chi connectivity index (χ0n) is 10.9. The minimum absolute atomic E-state index is 0.276. The summed E-state index contributed by atoms with van der Waals surface area (Å²) >= 11 is 1.65. The first-order valence-corrected chi connectivity index (χ1v) is 7.23. The molecular formula is C14H15N3OS. The van der Waals surface area contributed by atoms with Crippen molar-refractivity contribution in [2.24, 2.45) is 10.1 Å². The Bertz CT molecular complexity index is 625. The minimum atomic E-state index is 0.276. The van der Waals surface area contributed by atoms with Gasteiger partial charge in [-0.2, -0.15) is 5.10 Å². The average molecular weight is 273 g/mol. The number of para-hydroxylation sites is 1. The van der Waals surface area contributed by atoms with Gasteiger partial charge in [0.25, 0.3) is 0 Å². The van der Waals surface area contributed by atoms with Crippen molar-refractivity contribution in [1.29, 1.82) is 0 Å². The molecule has 3 rings (SSSR count). The second-order valence-electron chi connectivity index (χ2n) is 4.64. The van der Waals surface area contributed by atoms with Crippen LogP contribution in [0.4, 0.5) is 0 Å². The second-order valence-corrected chi connectivity index (χ2v) is 5.60. The van der Waals surface area contributed by atoms with Gasteiger partial charge in [0.05, 0.1) is 0 Å². The highest BCUT2D eigenvalue weighted by atomic mass is 32.2. The van der Waals surface area contributed by atoms with Crippen LogP contribution in [0.5, 0.6) is 0 Å². The van der Waals surface area contributed by atoms with Gasteiger partial charge in [-0.1, -0.05) is 30.0 Å². The Morgan fingerprint density at radius 2 is 2.21 bits per heavy atom. The fraction of sp³-hybridized carbons (Fsp3) is 0.286. The predicted octanol–water partition coefficient (Wildman–Crippen LogP) is 3.24. The number of benzene rings is 1. The van der Waals surface area contributed by atoms with Crippen LogP contribution in [-0.2, 0) is 0 Å². The molecule has 19 heavy (non-hydrogen) atoms. The molecule has 0 radical (unpaired) electrons. The highest BCUT2D eigenvalue weighted by Gasteiger charge is 2.16. The van der Waals surface area contributed by atoms with Crippen LogP contribution in [0.25, 0.3) is 11.0 Å². The van der Waals surface area contributed by atoms with Crippen LogP contribution >= 0.6 is 11.8 Å². The number of rotatable bonds is 2. The lowest BCUT2D eigenvalue weighted by atomic mass is 10.2. The number of fused-ring (bicyclic) bond motifs is 1. The number of hydrogen-bond donors (Lipinski definition) is 1. The van der Waals surface area contributed by atoms with Crippen molar-refractivity contribution in [3.8, 4) is 0 Å². The predicted molar refractivity (Wildman–Crippen MR) is 80.9 cm³/mol. The molecule has 4 nitrogen and oxygen atoms in total. The van der Waals surface area contributed by atoms with Crippen LogP contribution in [0.2, 0.25) is 0 Å². The number of amidine groups is 1. The van der Waals surface area contributed by atoms with E-state index in [9.17, 15) is 0 Å². The first-order valence-electron chi connectivity index (χ1n) is 6.24. The molecule has 0 aliphatic carbocycles. The molecule has 1 aliphatic heterocycles. The molecule has 2 heterocycles. The summed E-state index contributed by atoms with van der Waals surface area (Å²) < 4.78 is 5.80. The number of hydrazone groups is 1. The Hall–Kier alpha value is -1.75. The Kier molecular flexibility index (Phi) is 3.29. The van der Waals surface area contributed by atoms with Gasteiger partial charge in [0.1, 0.15) is 11.3 Å². The van der Waals surface area contributed by atoms with Crippen molar-refractivity contribution in [1.82, 2.24) is 5.43 Å². The van der Waals surface area contributed by atoms with Crippen molar-refractivity contribution >= 4 is 33.6 Å². The summed E-state index contributed by atoms with van der Waals surface area (Å²) in [6.07, 6.45) is 0. The highest BCUT2D eigenvalue weighted by molar-refractivity contribution is 8.14. The van der Waals surface area contributed by atoms with Gasteiger partial charge < -0.3 is 4.42 Å². The van der Waals surface area contributed by atoms with Crippen molar-refractivity contribution < 1.29 is 4.42 Å². The van der Waals surface area contributed by atoms with E-state index in [0.29, 0.717) is 0 Å². The molecule has 0 saturated heterocycles. The molecule has 0 atom stereocenters. The van der Waals surface area contributed by atoms with Crippen molar-refractivity contribution in [2.45, 2.75) is 19.9 Å². The SMILES string of the molecule is CC(C)N=C1NN=C(c2cc3ccccc3o2)CS1. The molecule has 1 N–H and O–H groups in total. The third-order valence-electron chi connectivity index (χ3n) is 2.72. The van der Waals surface area contributed by atoms with Crippen LogP contribution in [-0.4, -0.2) is 22.7 Å². The van der Waals surface area contributed by atoms with Gasteiger partial charge >= 0.3 is 0 Å². The summed E-state index contributed by atoms with van der Waals surface area (Å²) in [6.45, 7) is 4.10. The summed E-state index contributed by atoms with van der Waals surface area (Å²) in [5.74, 6) is 1.60. The van der Waals surface area contributed by atoms with Crippen LogP contribution < -0.4 is 5.43 Å². The number of aliphatic imine (C=N–C) groups is 1. The molecule has 0 saturated carbocycles. The van der Waals surface area contributed by atoms with Crippen molar-refractivity contribution in [3.05, 3.63) is 36.1 Å². The van der Waals surface area contributed by atoms with E-state index in [1.54, 1.807) is 11.8 Å². The van der Waals surface area contributed by atoms with E-state index in [4.69, 9.17) is 4.42 Å². The molecule has 1 aromatic heterocycles. The fourth-order valence-corrected chi connectivity index (χ4v) is 2.74. The van der Waals surface area contributed by atoms with Crippen LogP contribution in [0.15, 0.2) is 44.8 Å². The maximum Gasteiger partial charge on any atom is 0.177 e. The number of furan rings is 1. The second kappa shape index (κ2) is 5.09. The van der Waals surface area contributed by atoms with E-state index in [0.717, 1.165) is 33.4 Å². The molecule has 1 aliphatic rings. The lowest BCUT2D eigenvalue weighted by molar-refractivity contribution is 0.603. The molecule has 98 valence electrons. The van der Waals surface area contributed by atoms with Crippen molar-refractivity contribution in [2.75, 3.05) is 5.75 Å². The van der Waals surface area contributed by atoms with E-state index in [2.05, 4.69) is 15.5 Å². The standard InChI is InChI=1S/C14H15N3OS/c1-9(2)15-14-17-16-11(8-19-14)13-7-10-5-3-4-6-12(10)18-13/h3-7,9H,8H2,1-2H3,(H,15,17). The van der Waals surface area contributed by atoms with Gasteiger partial charge in [-0.3, -0.25) is 10.4 Å². The van der Waals surface area contributed by atoms with Gasteiger partial charge in [-0.25, -0.2) is 0 Å². The van der Waals surface area contributed by atoms with Gasteiger partial charge in [0.15, 0.2) is 10.9 Å². The third-order valence-corrected chi connectivity index (χ3v) is 3.61. The molecule has 0 fully saturated rings. The molecule has 0 amide bonds. The lowest BCUT2D eigenvalue weighted by Crippen LogP contribution is -2.26. The van der Waals surface area contributed by atoms with E-state index < -0.39 is 0 Å². The number of nitrogens with zero attached hydrogens (tertiary/aromatic N) is 2. The highest BCUT2D eigenvalue weighted by Crippen LogP contribution is 2.22. The number of thioether (sulfide) groups is 1. The van der Waals surface area contributed by atoms with Gasteiger partial charge in [-0.15, -0.1) is 0 Å². The summed E-state index contributed by atoms with van der Waals surface area (Å²) in [4.78, 5) is 4.44. The first-order chi connectivity index (χ1) is 9.22. The largest absolute Gasteiger partial charge is 0.455 e. The maximum atomic E-state index is 5.80. The molecule has 0 bridgehead atoms. The van der Waals surface area contributed by atoms with Crippen LogP contribution in [0.1, 0.15) is 19.6 Å². The van der Waals surface area contributed by atoms with E-state index in [1.807, 2.05) is 44.2 Å². The molecule has 2 aromatic rings. The zero-order valence-corrected chi connectivity index (χ0v) is 11.7. The lowest BCUT2D eigenvalue weighted by Gasteiger charge is -2.13. The number of hydrogen-bond acceptors (Lipinski definition) is 4. The minimum Gasteiger partial charge on any atom is -0.455 e. The quantitative estimate of drug-likeness (QED) is 0.914. The molecule has 5 heteroatoms. The van der Waals surface area contributed by atoms with E-state index >= 15 is 0 Å². The smallest absolute Gasteiger partial charge is 0.177 e. The Morgan fingerprint density at radius 1 is 1.37 bits per heavy atom. The Labute approximate surface area is 116 Å². The monoisotopic (exact) mass is 273 g/mol. The number of nitrogens with one attached hydrogen (secondary N) is 1. The molecule has 0 spiro atoms. The fourth-order valence-electron chi connectivity index (χ4n) is 1.87. The average Bonchev–Trinajstić information content (AvgIpc) is 2.82. The molecule has 0 unspecified atom stereocenters. The summed E-state index contributed by atoms with van der Waals surface area (Å²) in [5.41, 5.74) is 4.80. The first kappa shape index (κ1) is 12.3. The normalized spacial score (nSPS) is 17.8. The van der Waals surface area contributed by atoms with Crippen LogP contribution in [0, 0.1) is 0 Å². The third kappa shape index (κ3) is 2.66. The van der Waals surface area contributed by atoms with Crippen LogP contribution in [0.3, 0.4) is 0 Å². The molecular weight excluding hydrogens is 258 g/mol. The zero-order chi connectivity index (χ0) is 13.2. The van der Waals surface area contributed by atoms with Gasteiger partial charge in [0.2, 0.25) is 0 Å². The molecule has 1 aromatic carbocycles. The summed E-state index contributed by atoms with van der Waals surface area (Å²) in [5, 5.41) is 6.32. The Morgan fingerprint density at radius 3 is 2.89 bits per heavy atom. The van der Waals surface area contributed by atoms with Gasteiger partial charge in [-0.05, 0) is 26.0 Å². The van der Waals surface area contributed by atoms with Gasteiger partial charge in [0, 0.05) is 17.2 Å². The van der Waals surface area contributed by atoms with E-state index in [1.165, 1.54) is 0 Å². The maximum absolute atomic E-state index is 5.80. The van der Waals surface area contributed by atoms with E-state index in [-0.39, 0.29) is 6.04 Å². The summed E-state index contributed by atoms with van der Waals surface area (Å²) in [6, 6.07) is 10.3. The van der Waals surface area contributed by atoms with Crippen molar-refractivity contribution in [3.63, 3.8) is 0 Å². The Balaban J connectivity index is 1.85.